The first-order valence-electron chi connectivity index (χ1n) is 6.93. The fourth-order valence-corrected chi connectivity index (χ4v) is 2.08. The van der Waals surface area contributed by atoms with Crippen molar-refractivity contribution in [1.82, 2.24) is 5.32 Å². The first-order valence-corrected chi connectivity index (χ1v) is 6.93. The maximum absolute atomic E-state index is 13.4. The van der Waals surface area contributed by atoms with E-state index in [2.05, 4.69) is 5.32 Å². The molecule has 0 aliphatic rings. The van der Waals surface area contributed by atoms with Crippen LogP contribution in [0.5, 0.6) is 0 Å². The molecule has 2 aromatic carbocycles. The number of nitrogens with zero attached hydrogens (tertiary/aromatic N) is 1. The molecule has 1 N–H and O–H groups in total. The van der Waals surface area contributed by atoms with Gasteiger partial charge in [0, 0.05) is 19.3 Å². The Morgan fingerprint density at radius 1 is 1.10 bits per heavy atom. The molecule has 0 bridgehead atoms. The van der Waals surface area contributed by atoms with Crippen molar-refractivity contribution in [2.45, 2.75) is 6.42 Å². The number of anilines is 1. The molecule has 0 aromatic heterocycles. The van der Waals surface area contributed by atoms with Crippen molar-refractivity contribution in [3.63, 3.8) is 0 Å². The highest BCUT2D eigenvalue weighted by atomic mass is 19.1. The van der Waals surface area contributed by atoms with Gasteiger partial charge in [-0.1, -0.05) is 36.4 Å². The van der Waals surface area contributed by atoms with E-state index in [4.69, 9.17) is 0 Å². The summed E-state index contributed by atoms with van der Waals surface area (Å²) in [4.78, 5) is 13.7. The van der Waals surface area contributed by atoms with Crippen molar-refractivity contribution in [3.05, 3.63) is 66.0 Å². The Hall–Kier alpha value is -2.36. The highest BCUT2D eigenvalue weighted by molar-refractivity contribution is 5.81. The number of hydrogen-bond acceptors (Lipinski definition) is 2. The van der Waals surface area contributed by atoms with Crippen LogP contribution in [0.3, 0.4) is 0 Å². The van der Waals surface area contributed by atoms with Crippen molar-refractivity contribution >= 4 is 11.6 Å². The average molecular weight is 286 g/mol. The van der Waals surface area contributed by atoms with Gasteiger partial charge in [0.05, 0.1) is 6.54 Å². The van der Waals surface area contributed by atoms with Crippen LogP contribution in [0.25, 0.3) is 0 Å². The summed E-state index contributed by atoms with van der Waals surface area (Å²) < 4.78 is 13.4. The summed E-state index contributed by atoms with van der Waals surface area (Å²) in [5.74, 6) is -0.300. The highest BCUT2D eigenvalue weighted by Crippen LogP contribution is 2.10. The molecule has 3 nitrogen and oxygen atoms in total. The van der Waals surface area contributed by atoms with Crippen LogP contribution in [0, 0.1) is 5.82 Å². The maximum Gasteiger partial charge on any atom is 0.239 e. The molecular weight excluding hydrogens is 267 g/mol. The molecule has 2 aromatic rings. The fraction of sp³-hybridized carbons (Fsp3) is 0.235. The van der Waals surface area contributed by atoms with Gasteiger partial charge >= 0.3 is 0 Å². The van der Waals surface area contributed by atoms with Crippen LogP contribution in [-0.4, -0.2) is 26.0 Å². The smallest absolute Gasteiger partial charge is 0.239 e. The van der Waals surface area contributed by atoms with E-state index in [1.807, 2.05) is 42.3 Å². The van der Waals surface area contributed by atoms with Crippen LogP contribution in [0.2, 0.25) is 0 Å². The second-order valence-electron chi connectivity index (χ2n) is 4.88. The number of nitrogens with one attached hydrogen (secondary N) is 1. The predicted molar refractivity (Wildman–Crippen MR) is 82.8 cm³/mol. The van der Waals surface area contributed by atoms with Gasteiger partial charge < -0.3 is 10.2 Å². The molecule has 0 fully saturated rings. The van der Waals surface area contributed by atoms with Gasteiger partial charge in [-0.15, -0.1) is 0 Å². The van der Waals surface area contributed by atoms with E-state index in [1.165, 1.54) is 6.07 Å². The van der Waals surface area contributed by atoms with Crippen molar-refractivity contribution in [3.8, 4) is 0 Å². The molecule has 0 saturated carbocycles. The molecule has 0 aliphatic heterocycles. The molecule has 0 heterocycles. The largest absolute Gasteiger partial charge is 0.365 e. The lowest BCUT2D eigenvalue weighted by Gasteiger charge is -2.18. The van der Waals surface area contributed by atoms with E-state index in [-0.39, 0.29) is 18.3 Å². The predicted octanol–water partition coefficient (Wildman–Crippen LogP) is 2.62. The van der Waals surface area contributed by atoms with Crippen LogP contribution < -0.4 is 10.2 Å². The lowest BCUT2D eigenvalue weighted by atomic mass is 10.1. The van der Waals surface area contributed by atoms with Gasteiger partial charge in [0.15, 0.2) is 0 Å². The lowest BCUT2D eigenvalue weighted by molar-refractivity contribution is -0.119. The molecule has 0 unspecified atom stereocenters. The van der Waals surface area contributed by atoms with E-state index in [0.717, 1.165) is 5.69 Å². The molecule has 0 atom stereocenters. The number of carbonyl (C=O) groups is 1. The van der Waals surface area contributed by atoms with E-state index in [9.17, 15) is 9.18 Å². The fourth-order valence-electron chi connectivity index (χ4n) is 2.08. The maximum atomic E-state index is 13.4. The number of hydrogen-bond donors (Lipinski definition) is 1. The SMILES string of the molecule is CN(CC(=O)NCCc1ccccc1F)c1ccccc1. The molecular formula is C17H19FN2O. The third kappa shape index (κ3) is 4.60. The quantitative estimate of drug-likeness (QED) is 0.885. The molecule has 0 aliphatic carbocycles. The van der Waals surface area contributed by atoms with E-state index in [1.54, 1.807) is 18.2 Å². The molecule has 0 saturated heterocycles. The standard InChI is InChI=1S/C17H19FN2O/c1-20(15-8-3-2-4-9-15)13-17(21)19-12-11-14-7-5-6-10-16(14)18/h2-10H,11-13H2,1H3,(H,19,21). The van der Waals surface area contributed by atoms with Gasteiger partial charge in [-0.2, -0.15) is 0 Å². The molecule has 1 amide bonds. The van der Waals surface area contributed by atoms with Gasteiger partial charge in [0.25, 0.3) is 0 Å². The summed E-state index contributed by atoms with van der Waals surface area (Å²) in [6.45, 7) is 0.712. The number of likely N-dealkylation sites (N-methyl/N-ethyl adjacent to an activating group) is 1. The minimum atomic E-state index is -0.229. The first kappa shape index (κ1) is 15.0. The second-order valence-corrected chi connectivity index (χ2v) is 4.88. The van der Waals surface area contributed by atoms with Crippen LogP contribution >= 0.6 is 0 Å². The average Bonchev–Trinajstić information content (AvgIpc) is 2.50. The minimum Gasteiger partial charge on any atom is -0.365 e. The number of halogens is 1. The van der Waals surface area contributed by atoms with Gasteiger partial charge in [-0.3, -0.25) is 4.79 Å². The van der Waals surface area contributed by atoms with Gasteiger partial charge in [0.2, 0.25) is 5.91 Å². The van der Waals surface area contributed by atoms with Crippen molar-refractivity contribution in [2.24, 2.45) is 0 Å². The zero-order valence-corrected chi connectivity index (χ0v) is 12.1. The molecule has 0 radical (unpaired) electrons. The normalized spacial score (nSPS) is 10.2. The highest BCUT2D eigenvalue weighted by Gasteiger charge is 2.07. The Bertz CT molecular complexity index is 586. The monoisotopic (exact) mass is 286 g/mol. The summed E-state index contributed by atoms with van der Waals surface area (Å²) in [6.07, 6.45) is 0.494. The number of amides is 1. The number of carbonyl (C=O) groups excluding carboxylic acids is 1. The zero-order chi connectivity index (χ0) is 15.1. The molecule has 110 valence electrons. The van der Waals surface area contributed by atoms with Gasteiger partial charge in [-0.25, -0.2) is 4.39 Å². The Morgan fingerprint density at radius 3 is 2.48 bits per heavy atom. The summed E-state index contributed by atoms with van der Waals surface area (Å²) in [5.41, 5.74) is 1.61. The molecule has 0 spiro atoms. The summed E-state index contributed by atoms with van der Waals surface area (Å²) in [7, 11) is 1.87. The minimum absolute atomic E-state index is 0.0716. The summed E-state index contributed by atoms with van der Waals surface area (Å²) in [6, 6.07) is 16.3. The zero-order valence-electron chi connectivity index (χ0n) is 12.1. The third-order valence-corrected chi connectivity index (χ3v) is 3.25. The number of benzene rings is 2. The molecule has 2 rings (SSSR count). The topological polar surface area (TPSA) is 32.3 Å². The van der Waals surface area contributed by atoms with Crippen LogP contribution in [0.4, 0.5) is 10.1 Å². The van der Waals surface area contributed by atoms with Crippen LogP contribution in [0.15, 0.2) is 54.6 Å². The first-order chi connectivity index (χ1) is 10.2. The second kappa shape index (κ2) is 7.43. The van der Waals surface area contributed by atoms with E-state index < -0.39 is 0 Å². The third-order valence-electron chi connectivity index (χ3n) is 3.25. The van der Waals surface area contributed by atoms with E-state index >= 15 is 0 Å². The van der Waals surface area contributed by atoms with Crippen LogP contribution in [0.1, 0.15) is 5.56 Å². The Labute approximate surface area is 124 Å². The number of para-hydroxylation sites is 1. The lowest BCUT2D eigenvalue weighted by Crippen LogP contribution is -2.36. The Kier molecular flexibility index (Phi) is 5.32. The molecule has 21 heavy (non-hydrogen) atoms. The van der Waals surface area contributed by atoms with Gasteiger partial charge in [-0.05, 0) is 30.2 Å². The van der Waals surface area contributed by atoms with Crippen molar-refractivity contribution in [1.29, 1.82) is 0 Å². The van der Waals surface area contributed by atoms with Crippen molar-refractivity contribution < 1.29 is 9.18 Å². The molecule has 4 heteroatoms. The Morgan fingerprint density at radius 2 is 1.76 bits per heavy atom. The van der Waals surface area contributed by atoms with Crippen LogP contribution in [-0.2, 0) is 11.2 Å². The van der Waals surface area contributed by atoms with Crippen molar-refractivity contribution in [2.75, 3.05) is 25.0 Å². The van der Waals surface area contributed by atoms with Gasteiger partial charge in [0.1, 0.15) is 5.82 Å². The summed E-state index contributed by atoms with van der Waals surface area (Å²) >= 11 is 0. The Balaban J connectivity index is 1.76. The number of rotatable bonds is 6. The summed E-state index contributed by atoms with van der Waals surface area (Å²) in [5, 5.41) is 2.81. The van der Waals surface area contributed by atoms with E-state index in [0.29, 0.717) is 18.5 Å².